The summed E-state index contributed by atoms with van der Waals surface area (Å²) in [7, 11) is 0. The second-order valence-electron chi connectivity index (χ2n) is 15.4. The maximum atomic E-state index is 2.52. The van der Waals surface area contributed by atoms with E-state index in [-0.39, 0.29) is 10.8 Å². The fourth-order valence-corrected chi connectivity index (χ4v) is 9.04. The fourth-order valence-electron chi connectivity index (χ4n) is 9.04. The van der Waals surface area contributed by atoms with Gasteiger partial charge in [-0.2, -0.15) is 0 Å². The van der Waals surface area contributed by atoms with E-state index in [1.807, 2.05) is 0 Å². The molecule has 8 aromatic carbocycles. The Morgan fingerprint density at radius 2 is 0.922 bits per heavy atom. The number of hydrogen-bond acceptors (Lipinski definition) is 1. The van der Waals surface area contributed by atoms with Gasteiger partial charge in [-0.3, -0.25) is 0 Å². The first-order chi connectivity index (χ1) is 24.8. The maximum Gasteiger partial charge on any atom is 0.0503 e. The van der Waals surface area contributed by atoms with E-state index in [0.29, 0.717) is 0 Å². The molecule has 244 valence electrons. The second kappa shape index (κ2) is 10.8. The number of nitrogens with zero attached hydrogens (tertiary/aromatic N) is 1. The van der Waals surface area contributed by atoms with E-state index in [9.17, 15) is 0 Å². The highest BCUT2D eigenvalue weighted by Gasteiger charge is 2.40. The van der Waals surface area contributed by atoms with Gasteiger partial charge < -0.3 is 4.90 Å². The third-order valence-electron chi connectivity index (χ3n) is 11.8. The largest absolute Gasteiger partial charge is 0.310 e. The van der Waals surface area contributed by atoms with Gasteiger partial charge in [-0.15, -0.1) is 0 Å². The summed E-state index contributed by atoms with van der Waals surface area (Å²) in [4.78, 5) is 2.52. The van der Waals surface area contributed by atoms with Crippen molar-refractivity contribution < 1.29 is 0 Å². The first-order valence-corrected chi connectivity index (χ1v) is 18.1. The molecule has 0 fully saturated rings. The van der Waals surface area contributed by atoms with Crippen LogP contribution in [0, 0.1) is 0 Å². The lowest BCUT2D eigenvalue weighted by Crippen LogP contribution is -2.31. The van der Waals surface area contributed by atoms with Crippen LogP contribution in [0.15, 0.2) is 164 Å². The quantitative estimate of drug-likeness (QED) is 0.183. The molecule has 0 saturated heterocycles. The molecular weight excluding hydrogens is 615 g/mol. The van der Waals surface area contributed by atoms with Gasteiger partial charge >= 0.3 is 0 Å². The fraction of sp³-hybridized carbons (Fsp3) is 0.120. The number of benzene rings is 8. The van der Waals surface area contributed by atoms with Crippen molar-refractivity contribution in [2.45, 2.75) is 38.5 Å². The van der Waals surface area contributed by atoms with Gasteiger partial charge in [0.1, 0.15) is 0 Å². The third kappa shape index (κ3) is 4.41. The molecule has 10 rings (SSSR count). The van der Waals surface area contributed by atoms with Crippen molar-refractivity contribution in [1.82, 2.24) is 0 Å². The van der Waals surface area contributed by atoms with Crippen LogP contribution in [0.2, 0.25) is 0 Å². The van der Waals surface area contributed by atoms with Gasteiger partial charge in [0, 0.05) is 16.5 Å². The summed E-state index contributed by atoms with van der Waals surface area (Å²) in [5, 5.41) is 5.08. The lowest BCUT2D eigenvalue weighted by atomic mass is 9.72. The first kappa shape index (κ1) is 29.9. The van der Waals surface area contributed by atoms with Gasteiger partial charge in [-0.25, -0.2) is 0 Å². The highest BCUT2D eigenvalue weighted by molar-refractivity contribution is 5.98. The van der Waals surface area contributed by atoms with Crippen LogP contribution in [0.3, 0.4) is 0 Å². The van der Waals surface area contributed by atoms with Crippen LogP contribution >= 0.6 is 0 Å². The van der Waals surface area contributed by atoms with Crippen LogP contribution < -0.4 is 4.90 Å². The van der Waals surface area contributed by atoms with Crippen molar-refractivity contribution in [2.24, 2.45) is 0 Å². The van der Waals surface area contributed by atoms with Crippen LogP contribution in [-0.2, 0) is 10.8 Å². The van der Waals surface area contributed by atoms with E-state index in [1.165, 1.54) is 94.2 Å². The molecule has 0 bridgehead atoms. The van der Waals surface area contributed by atoms with Gasteiger partial charge in [0.25, 0.3) is 0 Å². The zero-order chi connectivity index (χ0) is 34.5. The van der Waals surface area contributed by atoms with Crippen molar-refractivity contribution in [3.63, 3.8) is 0 Å². The number of rotatable bonds is 3. The predicted molar refractivity (Wildman–Crippen MR) is 217 cm³/mol. The Labute approximate surface area is 300 Å². The molecule has 0 atom stereocenters. The van der Waals surface area contributed by atoms with Crippen molar-refractivity contribution in [1.29, 1.82) is 0 Å². The Hall–Kier alpha value is -5.92. The molecule has 0 radical (unpaired) electrons. The first-order valence-electron chi connectivity index (χ1n) is 18.1. The highest BCUT2D eigenvalue weighted by Crippen LogP contribution is 2.56. The molecule has 0 saturated carbocycles. The number of hydrogen-bond donors (Lipinski definition) is 0. The minimum atomic E-state index is -0.249. The monoisotopic (exact) mass is 653 g/mol. The zero-order valence-electron chi connectivity index (χ0n) is 29.5. The molecule has 2 aliphatic rings. The molecule has 1 aliphatic heterocycles. The van der Waals surface area contributed by atoms with Gasteiger partial charge in [-0.05, 0) is 120 Å². The minimum Gasteiger partial charge on any atom is -0.310 e. The predicted octanol–water partition coefficient (Wildman–Crippen LogP) is 13.7. The molecule has 0 N–H and O–H groups in total. The molecule has 0 unspecified atom stereocenters. The summed E-state index contributed by atoms with van der Waals surface area (Å²) < 4.78 is 0. The van der Waals surface area contributed by atoms with Crippen LogP contribution in [0.25, 0.3) is 54.9 Å². The Balaban J connectivity index is 1.19. The maximum absolute atomic E-state index is 2.52. The molecule has 0 aromatic heterocycles. The Morgan fingerprint density at radius 1 is 0.353 bits per heavy atom. The van der Waals surface area contributed by atoms with Crippen LogP contribution in [0.4, 0.5) is 17.1 Å². The third-order valence-corrected chi connectivity index (χ3v) is 11.8. The molecule has 1 heterocycles. The van der Waals surface area contributed by atoms with Crippen molar-refractivity contribution in [3.8, 4) is 33.4 Å². The molecule has 1 aliphatic carbocycles. The number of fused-ring (bicyclic) bond motifs is 7. The molecule has 1 heteroatoms. The van der Waals surface area contributed by atoms with Gasteiger partial charge in [0.05, 0.1) is 11.4 Å². The average Bonchev–Trinajstić information content (AvgIpc) is 3.40. The van der Waals surface area contributed by atoms with Crippen molar-refractivity contribution in [3.05, 3.63) is 186 Å². The summed E-state index contributed by atoms with van der Waals surface area (Å²) in [6.45, 7) is 9.55. The summed E-state index contributed by atoms with van der Waals surface area (Å²) in [6.07, 6.45) is 0. The topological polar surface area (TPSA) is 3.24 Å². The van der Waals surface area contributed by atoms with Gasteiger partial charge in [0.2, 0.25) is 0 Å². The average molecular weight is 654 g/mol. The van der Waals surface area contributed by atoms with E-state index in [2.05, 4.69) is 196 Å². The summed E-state index contributed by atoms with van der Waals surface area (Å²) in [5.74, 6) is 0. The molecule has 8 aromatic rings. The molecule has 1 nitrogen and oxygen atoms in total. The van der Waals surface area contributed by atoms with E-state index < -0.39 is 0 Å². The summed E-state index contributed by atoms with van der Waals surface area (Å²) in [5.41, 5.74) is 16.5. The standard InChI is InChI=1S/C50H39N/c1-49(2)43-19-10-9-17-41(43)42-25-24-38(31-44(42)49)51-47-26-22-36(35-21-20-32-12-5-6-14-34(32)28-35)29-45(47)50(3,4)46-30-37(23-27-48(46)51)40-18-11-15-33-13-7-8-16-39(33)40/h5-31H,1-4H3. The minimum absolute atomic E-state index is 0.0825. The number of anilines is 3. The van der Waals surface area contributed by atoms with E-state index in [0.717, 1.165) is 0 Å². The molecular formula is C50H39N. The molecule has 51 heavy (non-hydrogen) atoms. The molecule has 0 spiro atoms. The second-order valence-corrected chi connectivity index (χ2v) is 15.4. The van der Waals surface area contributed by atoms with Crippen molar-refractivity contribution >= 4 is 38.6 Å². The SMILES string of the molecule is CC1(C)c2ccccc2-c2ccc(N3c4ccc(-c5ccc6ccccc6c5)cc4C(C)(C)c4cc(-c5cccc6ccccc56)ccc43)cc21. The smallest absolute Gasteiger partial charge is 0.0503 e. The van der Waals surface area contributed by atoms with Crippen LogP contribution in [0.1, 0.15) is 49.9 Å². The summed E-state index contributed by atoms with van der Waals surface area (Å²) >= 11 is 0. The summed E-state index contributed by atoms with van der Waals surface area (Å²) in [6, 6.07) is 61.2. The molecule has 0 amide bonds. The lowest BCUT2D eigenvalue weighted by Gasteiger charge is -2.43. The highest BCUT2D eigenvalue weighted by atomic mass is 15.2. The Morgan fingerprint density at radius 3 is 1.75 bits per heavy atom. The normalized spacial score (nSPS) is 14.9. The zero-order valence-corrected chi connectivity index (χ0v) is 29.5. The van der Waals surface area contributed by atoms with Gasteiger partial charge in [0.15, 0.2) is 0 Å². The lowest BCUT2D eigenvalue weighted by molar-refractivity contribution is 0.632. The van der Waals surface area contributed by atoms with Crippen LogP contribution in [0.5, 0.6) is 0 Å². The Bertz CT molecular complexity index is 2700. The Kier molecular flexibility index (Phi) is 6.34. The van der Waals surface area contributed by atoms with Gasteiger partial charge in [-0.1, -0.05) is 149 Å². The van der Waals surface area contributed by atoms with E-state index in [1.54, 1.807) is 0 Å². The van der Waals surface area contributed by atoms with E-state index in [4.69, 9.17) is 0 Å². The van der Waals surface area contributed by atoms with Crippen molar-refractivity contribution in [2.75, 3.05) is 4.90 Å². The van der Waals surface area contributed by atoms with Crippen LogP contribution in [-0.4, -0.2) is 0 Å². The van der Waals surface area contributed by atoms with E-state index >= 15 is 0 Å².